The molecule has 0 spiro atoms. The molecule has 0 aromatic heterocycles. The van der Waals surface area contributed by atoms with Crippen molar-refractivity contribution in [1.29, 1.82) is 0 Å². The molecule has 3 aromatic rings. The highest BCUT2D eigenvalue weighted by Crippen LogP contribution is 2.42. The first kappa shape index (κ1) is 15.2. The van der Waals surface area contributed by atoms with Crippen molar-refractivity contribution in [3.8, 4) is 28.0 Å². The van der Waals surface area contributed by atoms with E-state index < -0.39 is 0 Å². The zero-order valence-corrected chi connectivity index (χ0v) is 15.3. The fourth-order valence-corrected chi connectivity index (χ4v) is 4.05. The molecule has 2 aliphatic rings. The van der Waals surface area contributed by atoms with Crippen LogP contribution in [-0.2, 0) is 11.2 Å². The number of ether oxygens (including phenoxy) is 2. The maximum Gasteiger partial charge on any atom is 0.133 e. The van der Waals surface area contributed by atoms with E-state index >= 15 is 0 Å². The Morgan fingerprint density at radius 3 is 2.60 bits per heavy atom. The minimum atomic E-state index is 0.266. The van der Waals surface area contributed by atoms with Gasteiger partial charge in [-0.3, -0.25) is 0 Å². The van der Waals surface area contributed by atoms with E-state index in [-0.39, 0.29) is 6.10 Å². The van der Waals surface area contributed by atoms with E-state index in [1.54, 1.807) is 0 Å². The standard InChI is InChI=1S/C22H17BrO2/c23-21-11-15(8-9-22(21)25-13-16-12-24-16)18-6-3-7-19-17-5-2-1-4-14(17)10-20(18)19/h1-9,11,16H,10,12-13H2. The SMILES string of the molecule is Brc1cc(-c2cccc3c2Cc2ccccc2-3)ccc1OCC1CO1. The van der Waals surface area contributed by atoms with Crippen LogP contribution in [0, 0.1) is 0 Å². The van der Waals surface area contributed by atoms with Gasteiger partial charge in [-0.15, -0.1) is 0 Å². The predicted octanol–water partition coefficient (Wildman–Crippen LogP) is 5.46. The molecule has 1 heterocycles. The van der Waals surface area contributed by atoms with Gasteiger partial charge in [0.25, 0.3) is 0 Å². The van der Waals surface area contributed by atoms with E-state index in [9.17, 15) is 0 Å². The molecule has 1 aliphatic carbocycles. The summed E-state index contributed by atoms with van der Waals surface area (Å²) in [5.41, 5.74) is 8.06. The Morgan fingerprint density at radius 1 is 0.960 bits per heavy atom. The normalized spacial score (nSPS) is 17.1. The molecule has 3 heteroatoms. The summed E-state index contributed by atoms with van der Waals surface area (Å²) in [5.74, 6) is 0.870. The van der Waals surface area contributed by atoms with Crippen molar-refractivity contribution in [2.24, 2.45) is 0 Å². The van der Waals surface area contributed by atoms with Crippen LogP contribution in [-0.4, -0.2) is 19.3 Å². The fourth-order valence-electron chi connectivity index (χ4n) is 3.56. The Morgan fingerprint density at radius 2 is 1.76 bits per heavy atom. The summed E-state index contributed by atoms with van der Waals surface area (Å²) in [5, 5.41) is 0. The molecule has 2 nitrogen and oxygen atoms in total. The monoisotopic (exact) mass is 392 g/mol. The van der Waals surface area contributed by atoms with Crippen molar-refractivity contribution < 1.29 is 9.47 Å². The van der Waals surface area contributed by atoms with Crippen molar-refractivity contribution in [2.45, 2.75) is 12.5 Å². The second kappa shape index (κ2) is 6.01. The molecule has 25 heavy (non-hydrogen) atoms. The van der Waals surface area contributed by atoms with Gasteiger partial charge in [0.15, 0.2) is 0 Å². The molecule has 0 bridgehead atoms. The smallest absolute Gasteiger partial charge is 0.133 e. The molecule has 1 saturated heterocycles. The lowest BCUT2D eigenvalue weighted by molar-refractivity contribution is 0.262. The Bertz CT molecular complexity index is 960. The van der Waals surface area contributed by atoms with Crippen molar-refractivity contribution in [3.05, 3.63) is 76.3 Å². The molecule has 5 rings (SSSR count). The molecule has 1 atom stereocenters. The Kier molecular flexibility index (Phi) is 3.65. The van der Waals surface area contributed by atoms with Crippen LogP contribution >= 0.6 is 15.9 Å². The van der Waals surface area contributed by atoms with Gasteiger partial charge in [-0.05, 0) is 67.9 Å². The number of fused-ring (bicyclic) bond motifs is 3. The van der Waals surface area contributed by atoms with Gasteiger partial charge in [-0.25, -0.2) is 0 Å². The van der Waals surface area contributed by atoms with Gasteiger partial charge >= 0.3 is 0 Å². The minimum Gasteiger partial charge on any atom is -0.490 e. The van der Waals surface area contributed by atoms with Crippen LogP contribution in [0.5, 0.6) is 5.75 Å². The number of hydrogen-bond donors (Lipinski definition) is 0. The summed E-state index contributed by atoms with van der Waals surface area (Å²) < 4.78 is 12.0. The van der Waals surface area contributed by atoms with E-state index in [0.717, 1.165) is 23.2 Å². The van der Waals surface area contributed by atoms with Crippen LogP contribution in [0.1, 0.15) is 11.1 Å². The van der Waals surface area contributed by atoms with Crippen molar-refractivity contribution in [1.82, 2.24) is 0 Å². The molecule has 1 unspecified atom stereocenters. The lowest BCUT2D eigenvalue weighted by Crippen LogP contribution is -2.04. The molecule has 0 radical (unpaired) electrons. The summed E-state index contributed by atoms with van der Waals surface area (Å²) in [6.07, 6.45) is 1.26. The van der Waals surface area contributed by atoms with Gasteiger partial charge in [0, 0.05) is 0 Å². The van der Waals surface area contributed by atoms with Crippen molar-refractivity contribution >= 4 is 15.9 Å². The van der Waals surface area contributed by atoms with Crippen LogP contribution in [0.25, 0.3) is 22.3 Å². The van der Waals surface area contributed by atoms with E-state index in [1.807, 2.05) is 6.07 Å². The first-order chi connectivity index (χ1) is 12.3. The Hall–Kier alpha value is -2.10. The highest BCUT2D eigenvalue weighted by Gasteiger charge is 2.24. The minimum absolute atomic E-state index is 0.266. The Balaban J connectivity index is 1.51. The summed E-state index contributed by atoms with van der Waals surface area (Å²) in [7, 11) is 0. The van der Waals surface area contributed by atoms with Gasteiger partial charge in [-0.1, -0.05) is 48.5 Å². The molecule has 1 fully saturated rings. The average molecular weight is 393 g/mol. The van der Waals surface area contributed by atoms with Crippen molar-refractivity contribution in [3.63, 3.8) is 0 Å². The van der Waals surface area contributed by atoms with Crippen molar-refractivity contribution in [2.75, 3.05) is 13.2 Å². The largest absolute Gasteiger partial charge is 0.490 e. The van der Waals surface area contributed by atoms with Crippen LogP contribution in [0.15, 0.2) is 65.1 Å². The quantitative estimate of drug-likeness (QED) is 0.429. The molecular weight excluding hydrogens is 376 g/mol. The zero-order valence-electron chi connectivity index (χ0n) is 13.7. The lowest BCUT2D eigenvalue weighted by Gasteiger charge is -2.12. The highest BCUT2D eigenvalue weighted by atomic mass is 79.9. The molecule has 0 saturated carbocycles. The summed E-state index contributed by atoms with van der Waals surface area (Å²) in [4.78, 5) is 0. The molecule has 0 amide bonds. The molecule has 124 valence electrons. The second-order valence-corrected chi connectivity index (χ2v) is 7.43. The molecular formula is C22H17BrO2. The summed E-state index contributed by atoms with van der Waals surface area (Å²) >= 11 is 3.66. The average Bonchev–Trinajstić information content (AvgIpc) is 3.39. The lowest BCUT2D eigenvalue weighted by atomic mass is 9.96. The molecule has 0 N–H and O–H groups in total. The third-order valence-electron chi connectivity index (χ3n) is 4.92. The highest BCUT2D eigenvalue weighted by molar-refractivity contribution is 9.10. The van der Waals surface area contributed by atoms with Crippen LogP contribution in [0.3, 0.4) is 0 Å². The first-order valence-corrected chi connectivity index (χ1v) is 9.33. The van der Waals surface area contributed by atoms with Gasteiger partial charge in [0.2, 0.25) is 0 Å². The number of halogens is 1. The van der Waals surface area contributed by atoms with E-state index in [2.05, 4.69) is 70.5 Å². The molecule has 1 aliphatic heterocycles. The Labute approximate surface area is 155 Å². The van der Waals surface area contributed by atoms with Crippen LogP contribution < -0.4 is 4.74 Å². The second-order valence-electron chi connectivity index (χ2n) is 6.58. The third kappa shape index (κ3) is 2.78. The summed E-state index contributed by atoms with van der Waals surface area (Å²) in [6.45, 7) is 1.43. The van der Waals surface area contributed by atoms with Gasteiger partial charge in [0.05, 0.1) is 11.1 Å². The third-order valence-corrected chi connectivity index (χ3v) is 5.54. The van der Waals surface area contributed by atoms with Gasteiger partial charge in [-0.2, -0.15) is 0 Å². The fraction of sp³-hybridized carbons (Fsp3) is 0.182. The number of hydrogen-bond acceptors (Lipinski definition) is 2. The number of epoxide rings is 1. The maximum absolute atomic E-state index is 5.82. The van der Waals surface area contributed by atoms with E-state index in [1.165, 1.54) is 33.4 Å². The van der Waals surface area contributed by atoms with E-state index in [0.29, 0.717) is 6.61 Å². The van der Waals surface area contributed by atoms with E-state index in [4.69, 9.17) is 9.47 Å². The summed E-state index contributed by atoms with van der Waals surface area (Å²) in [6, 6.07) is 21.6. The number of rotatable bonds is 4. The number of benzene rings is 3. The maximum atomic E-state index is 5.82. The van der Waals surface area contributed by atoms with Crippen LogP contribution in [0.2, 0.25) is 0 Å². The topological polar surface area (TPSA) is 21.8 Å². The van der Waals surface area contributed by atoms with Crippen LogP contribution in [0.4, 0.5) is 0 Å². The van der Waals surface area contributed by atoms with Gasteiger partial charge < -0.3 is 9.47 Å². The molecule has 3 aromatic carbocycles. The first-order valence-electron chi connectivity index (χ1n) is 8.54. The van der Waals surface area contributed by atoms with Gasteiger partial charge in [0.1, 0.15) is 18.5 Å². The predicted molar refractivity (Wildman–Crippen MR) is 103 cm³/mol. The zero-order chi connectivity index (χ0) is 16.8.